The Morgan fingerprint density at radius 1 is 1.03 bits per heavy atom. The van der Waals surface area contributed by atoms with Crippen LogP contribution < -0.4 is 0 Å². The lowest BCUT2D eigenvalue weighted by Crippen LogP contribution is -2.32. The van der Waals surface area contributed by atoms with Gasteiger partial charge in [-0.2, -0.15) is 13.2 Å². The topological polar surface area (TPSA) is 50.8 Å². The maximum absolute atomic E-state index is 13.2. The molecular weight excluding hydrogens is 475 g/mol. The van der Waals surface area contributed by atoms with E-state index < -0.39 is 11.7 Å². The van der Waals surface area contributed by atoms with Gasteiger partial charge in [0.25, 0.3) is 5.91 Å². The van der Waals surface area contributed by atoms with Gasteiger partial charge in [0.1, 0.15) is 5.76 Å². The molecule has 0 saturated heterocycles. The van der Waals surface area contributed by atoms with Crippen LogP contribution in [0.25, 0.3) is 16.2 Å². The minimum atomic E-state index is -4.46. The fourth-order valence-corrected chi connectivity index (χ4v) is 4.74. The second kappa shape index (κ2) is 9.42. The van der Waals surface area contributed by atoms with Gasteiger partial charge in [-0.25, -0.2) is 4.98 Å². The van der Waals surface area contributed by atoms with Crippen molar-refractivity contribution >= 4 is 22.2 Å². The minimum Gasteiger partial charge on any atom is -0.467 e. The Kier molecular flexibility index (Phi) is 6.17. The zero-order valence-electron chi connectivity index (χ0n) is 18.4. The van der Waals surface area contributed by atoms with E-state index in [2.05, 4.69) is 0 Å². The molecule has 0 radical (unpaired) electrons. The molecule has 178 valence electrons. The molecular formula is C26H20F3N3O2S. The Hall–Kier alpha value is -3.85. The van der Waals surface area contributed by atoms with Crippen molar-refractivity contribution in [2.45, 2.75) is 19.1 Å². The third-order valence-electron chi connectivity index (χ3n) is 5.66. The van der Waals surface area contributed by atoms with Crippen molar-refractivity contribution in [1.29, 1.82) is 0 Å². The van der Waals surface area contributed by atoms with Crippen molar-refractivity contribution in [3.05, 3.63) is 107 Å². The van der Waals surface area contributed by atoms with Crippen molar-refractivity contribution in [3.8, 4) is 11.3 Å². The molecule has 0 bridgehead atoms. The zero-order valence-corrected chi connectivity index (χ0v) is 19.2. The quantitative estimate of drug-likeness (QED) is 0.257. The van der Waals surface area contributed by atoms with Gasteiger partial charge in [-0.05, 0) is 36.4 Å². The number of benzene rings is 2. The second-order valence-corrected chi connectivity index (χ2v) is 8.84. The normalized spacial score (nSPS) is 11.7. The molecule has 0 aliphatic carbocycles. The number of thiazole rings is 1. The fraction of sp³-hybridized carbons (Fsp3) is 0.154. The number of amides is 1. The maximum Gasteiger partial charge on any atom is 0.416 e. The van der Waals surface area contributed by atoms with Crippen molar-refractivity contribution in [3.63, 3.8) is 0 Å². The number of imidazole rings is 1. The third-order valence-corrected chi connectivity index (χ3v) is 6.55. The van der Waals surface area contributed by atoms with Crippen molar-refractivity contribution < 1.29 is 22.4 Å². The summed E-state index contributed by atoms with van der Waals surface area (Å²) in [6, 6.07) is 17.7. The van der Waals surface area contributed by atoms with E-state index in [0.29, 0.717) is 18.7 Å². The molecule has 35 heavy (non-hydrogen) atoms. The number of hydrogen-bond acceptors (Lipinski definition) is 4. The number of rotatable bonds is 7. The monoisotopic (exact) mass is 495 g/mol. The lowest BCUT2D eigenvalue weighted by molar-refractivity contribution is -0.137. The number of carbonyl (C=O) groups excluding carboxylic acids is 1. The van der Waals surface area contributed by atoms with E-state index in [1.165, 1.54) is 29.7 Å². The van der Waals surface area contributed by atoms with Gasteiger partial charge in [-0.15, -0.1) is 11.3 Å². The molecule has 3 aromatic heterocycles. The Bertz CT molecular complexity index is 1420. The predicted octanol–water partition coefficient (Wildman–Crippen LogP) is 6.56. The van der Waals surface area contributed by atoms with E-state index >= 15 is 0 Å². The van der Waals surface area contributed by atoms with Crippen LogP contribution in [0.1, 0.15) is 27.4 Å². The van der Waals surface area contributed by atoms with Gasteiger partial charge in [0.2, 0.25) is 0 Å². The summed E-state index contributed by atoms with van der Waals surface area (Å²) in [5.41, 5.74) is 2.28. The standard InChI is InChI=1S/C26H20F3N3O2S/c27-26(28,29)20-10-8-19(9-11-20)24(33)31(15-22-7-4-14-34-22)13-12-21-17-35-25-30-23(16-32(21)25)18-5-2-1-3-6-18/h1-11,14,16-17H,12-13,15H2. The maximum atomic E-state index is 13.2. The van der Waals surface area contributed by atoms with Crippen molar-refractivity contribution in [2.75, 3.05) is 6.54 Å². The van der Waals surface area contributed by atoms with Crippen LogP contribution in [0.4, 0.5) is 13.2 Å². The highest BCUT2D eigenvalue weighted by molar-refractivity contribution is 7.15. The lowest BCUT2D eigenvalue weighted by atomic mass is 10.1. The summed E-state index contributed by atoms with van der Waals surface area (Å²) >= 11 is 1.52. The van der Waals surface area contributed by atoms with Crippen molar-refractivity contribution in [1.82, 2.24) is 14.3 Å². The number of nitrogens with zero attached hydrogens (tertiary/aromatic N) is 3. The second-order valence-electron chi connectivity index (χ2n) is 8.00. The SMILES string of the molecule is O=C(c1ccc(C(F)(F)F)cc1)N(CCc1csc2nc(-c3ccccc3)cn12)Cc1ccco1. The first-order chi connectivity index (χ1) is 16.9. The highest BCUT2D eigenvalue weighted by Crippen LogP contribution is 2.29. The Morgan fingerprint density at radius 2 is 1.80 bits per heavy atom. The predicted molar refractivity (Wildman–Crippen MR) is 127 cm³/mol. The van der Waals surface area contributed by atoms with Gasteiger partial charge >= 0.3 is 6.18 Å². The Balaban J connectivity index is 1.37. The molecule has 0 aliphatic heterocycles. The number of halogens is 3. The first-order valence-electron chi connectivity index (χ1n) is 10.9. The van der Waals surface area contributed by atoms with Crippen LogP contribution in [0.15, 0.2) is 89.0 Å². The van der Waals surface area contributed by atoms with Gasteiger partial charge in [0, 0.05) is 41.4 Å². The lowest BCUT2D eigenvalue weighted by Gasteiger charge is -2.22. The molecule has 5 rings (SSSR count). The number of carbonyl (C=O) groups is 1. The van der Waals surface area contributed by atoms with Gasteiger partial charge in [0.05, 0.1) is 24.1 Å². The molecule has 2 aromatic carbocycles. The van der Waals surface area contributed by atoms with Gasteiger partial charge in [-0.1, -0.05) is 30.3 Å². The molecule has 0 atom stereocenters. The fourth-order valence-electron chi connectivity index (χ4n) is 3.83. The summed E-state index contributed by atoms with van der Waals surface area (Å²) < 4.78 is 46.2. The Labute approximate surface area is 203 Å². The summed E-state index contributed by atoms with van der Waals surface area (Å²) in [6.07, 6.45) is -0.416. The summed E-state index contributed by atoms with van der Waals surface area (Å²) in [5, 5.41) is 2.00. The molecule has 9 heteroatoms. The summed E-state index contributed by atoms with van der Waals surface area (Å²) in [4.78, 5) is 20.4. The third kappa shape index (κ3) is 5.00. The molecule has 0 unspecified atom stereocenters. The average Bonchev–Trinajstić information content (AvgIpc) is 3.60. The molecule has 0 spiro atoms. The van der Waals surface area contributed by atoms with Crippen LogP contribution in [0.2, 0.25) is 0 Å². The van der Waals surface area contributed by atoms with Crippen LogP contribution in [0.3, 0.4) is 0 Å². The van der Waals surface area contributed by atoms with Crippen LogP contribution >= 0.6 is 11.3 Å². The molecule has 5 aromatic rings. The number of hydrogen-bond donors (Lipinski definition) is 0. The largest absolute Gasteiger partial charge is 0.467 e. The van der Waals surface area contributed by atoms with Crippen LogP contribution in [0.5, 0.6) is 0 Å². The van der Waals surface area contributed by atoms with E-state index in [0.717, 1.165) is 34.0 Å². The van der Waals surface area contributed by atoms with Gasteiger partial charge < -0.3 is 9.32 Å². The van der Waals surface area contributed by atoms with Crippen molar-refractivity contribution in [2.24, 2.45) is 0 Å². The molecule has 0 N–H and O–H groups in total. The smallest absolute Gasteiger partial charge is 0.416 e. The van der Waals surface area contributed by atoms with E-state index in [9.17, 15) is 18.0 Å². The van der Waals surface area contributed by atoms with E-state index in [4.69, 9.17) is 9.40 Å². The number of aromatic nitrogens is 2. The highest BCUT2D eigenvalue weighted by atomic mass is 32.1. The molecule has 5 nitrogen and oxygen atoms in total. The molecule has 3 heterocycles. The summed E-state index contributed by atoms with van der Waals surface area (Å²) in [6.45, 7) is 0.560. The average molecular weight is 496 g/mol. The van der Waals surface area contributed by atoms with Crippen LogP contribution in [0, 0.1) is 0 Å². The van der Waals surface area contributed by atoms with Gasteiger partial charge in [-0.3, -0.25) is 9.20 Å². The van der Waals surface area contributed by atoms with E-state index in [1.807, 2.05) is 46.3 Å². The molecule has 0 saturated carbocycles. The number of furan rings is 1. The van der Waals surface area contributed by atoms with E-state index in [-0.39, 0.29) is 18.0 Å². The first kappa shape index (κ1) is 22.9. The summed E-state index contributed by atoms with van der Waals surface area (Å²) in [7, 11) is 0. The molecule has 1 amide bonds. The molecule has 0 fully saturated rings. The van der Waals surface area contributed by atoms with Crippen LogP contribution in [-0.2, 0) is 19.1 Å². The van der Waals surface area contributed by atoms with E-state index in [1.54, 1.807) is 17.0 Å². The first-order valence-corrected chi connectivity index (χ1v) is 11.8. The highest BCUT2D eigenvalue weighted by Gasteiger charge is 2.30. The van der Waals surface area contributed by atoms with Gasteiger partial charge in [0.15, 0.2) is 4.96 Å². The minimum absolute atomic E-state index is 0.189. The number of fused-ring (bicyclic) bond motifs is 1. The Morgan fingerprint density at radius 3 is 2.49 bits per heavy atom. The summed E-state index contributed by atoms with van der Waals surface area (Å²) in [5.74, 6) is 0.229. The zero-order chi connectivity index (χ0) is 24.4. The molecule has 0 aliphatic rings. The number of alkyl halides is 3. The van der Waals surface area contributed by atoms with Crippen LogP contribution in [-0.4, -0.2) is 26.7 Å².